The van der Waals surface area contributed by atoms with E-state index >= 15 is 0 Å². The molecular formula is C9H20N2O2. The summed E-state index contributed by atoms with van der Waals surface area (Å²) in [6.07, 6.45) is -0.0967. The smallest absolute Gasteiger partial charge is 0.169 e. The number of nitrogens with zero attached hydrogens (tertiary/aromatic N) is 1. The van der Waals surface area contributed by atoms with E-state index in [1.165, 1.54) is 0 Å². The molecule has 1 rings (SSSR count). The summed E-state index contributed by atoms with van der Waals surface area (Å²) in [6.45, 7) is 6.26. The summed E-state index contributed by atoms with van der Waals surface area (Å²) in [7, 11) is 3.36. The Morgan fingerprint density at radius 1 is 1.46 bits per heavy atom. The molecule has 78 valence electrons. The molecule has 0 aromatic carbocycles. The van der Waals surface area contributed by atoms with Crippen LogP contribution in [-0.4, -0.2) is 57.6 Å². The zero-order chi connectivity index (χ0) is 9.68. The first-order chi connectivity index (χ1) is 6.27. The molecule has 1 saturated heterocycles. The molecule has 0 bridgehead atoms. The molecule has 4 nitrogen and oxygen atoms in total. The zero-order valence-electron chi connectivity index (χ0n) is 8.75. The Bertz CT molecular complexity index is 140. The van der Waals surface area contributed by atoms with Crippen LogP contribution in [0.5, 0.6) is 0 Å². The van der Waals surface area contributed by atoms with Crippen LogP contribution in [0, 0.1) is 0 Å². The lowest BCUT2D eigenvalue weighted by Crippen LogP contribution is -2.52. The zero-order valence-corrected chi connectivity index (χ0v) is 8.75. The van der Waals surface area contributed by atoms with Gasteiger partial charge in [0.15, 0.2) is 6.29 Å². The normalized spacial score (nSPS) is 25.4. The Balaban J connectivity index is 2.32. The van der Waals surface area contributed by atoms with Crippen LogP contribution in [0.4, 0.5) is 0 Å². The van der Waals surface area contributed by atoms with Crippen LogP contribution in [0.25, 0.3) is 0 Å². The molecule has 0 aromatic heterocycles. The highest BCUT2D eigenvalue weighted by molar-refractivity contribution is 4.76. The Kier molecular flexibility index (Phi) is 4.66. The summed E-state index contributed by atoms with van der Waals surface area (Å²) in [5, 5.41) is 3.35. The summed E-state index contributed by atoms with van der Waals surface area (Å²) in [4.78, 5) is 2.38. The predicted molar refractivity (Wildman–Crippen MR) is 51.7 cm³/mol. The molecule has 0 amide bonds. The van der Waals surface area contributed by atoms with Crippen molar-refractivity contribution in [3.05, 3.63) is 0 Å². The maximum Gasteiger partial charge on any atom is 0.169 e. The van der Waals surface area contributed by atoms with E-state index in [1.54, 1.807) is 14.2 Å². The topological polar surface area (TPSA) is 33.7 Å². The van der Waals surface area contributed by atoms with Crippen LogP contribution >= 0.6 is 0 Å². The van der Waals surface area contributed by atoms with E-state index in [-0.39, 0.29) is 6.29 Å². The number of hydrogen-bond acceptors (Lipinski definition) is 4. The number of methoxy groups -OCH3 is 2. The molecule has 1 atom stereocenters. The van der Waals surface area contributed by atoms with Gasteiger partial charge in [0.1, 0.15) is 0 Å². The lowest BCUT2D eigenvalue weighted by molar-refractivity contribution is -0.121. The van der Waals surface area contributed by atoms with Gasteiger partial charge in [-0.2, -0.15) is 0 Å². The van der Waals surface area contributed by atoms with Gasteiger partial charge in [0.05, 0.1) is 0 Å². The van der Waals surface area contributed by atoms with Gasteiger partial charge in [0, 0.05) is 46.4 Å². The Morgan fingerprint density at radius 2 is 2.15 bits per heavy atom. The van der Waals surface area contributed by atoms with Crippen molar-refractivity contribution in [2.75, 3.05) is 40.4 Å². The molecule has 1 aliphatic rings. The van der Waals surface area contributed by atoms with Gasteiger partial charge in [-0.25, -0.2) is 0 Å². The monoisotopic (exact) mass is 188 g/mol. The van der Waals surface area contributed by atoms with Crippen molar-refractivity contribution in [1.29, 1.82) is 0 Å². The van der Waals surface area contributed by atoms with Gasteiger partial charge in [-0.05, 0) is 6.92 Å². The molecule has 1 heterocycles. The third kappa shape index (κ3) is 3.23. The molecular weight excluding hydrogens is 168 g/mol. The fourth-order valence-corrected chi connectivity index (χ4v) is 1.59. The minimum Gasteiger partial charge on any atom is -0.355 e. The quantitative estimate of drug-likeness (QED) is 0.625. The second-order valence-corrected chi connectivity index (χ2v) is 3.45. The van der Waals surface area contributed by atoms with Gasteiger partial charge in [0.25, 0.3) is 0 Å². The van der Waals surface area contributed by atoms with Crippen LogP contribution in [0.15, 0.2) is 0 Å². The highest BCUT2D eigenvalue weighted by Gasteiger charge is 2.20. The van der Waals surface area contributed by atoms with Gasteiger partial charge in [-0.1, -0.05) is 0 Å². The Morgan fingerprint density at radius 3 is 2.69 bits per heavy atom. The molecule has 1 unspecified atom stereocenters. The van der Waals surface area contributed by atoms with Crippen LogP contribution < -0.4 is 5.32 Å². The molecule has 13 heavy (non-hydrogen) atoms. The minimum atomic E-state index is -0.0967. The van der Waals surface area contributed by atoms with E-state index in [9.17, 15) is 0 Å². The molecule has 0 radical (unpaired) electrons. The van der Waals surface area contributed by atoms with E-state index < -0.39 is 0 Å². The SMILES string of the molecule is COC(CN1CCNCC1C)OC. The summed E-state index contributed by atoms with van der Waals surface area (Å²) in [5.41, 5.74) is 0. The molecule has 1 aliphatic heterocycles. The first kappa shape index (κ1) is 10.9. The number of rotatable bonds is 4. The van der Waals surface area contributed by atoms with Crippen molar-refractivity contribution in [2.24, 2.45) is 0 Å². The fraction of sp³-hybridized carbons (Fsp3) is 1.00. The fourth-order valence-electron chi connectivity index (χ4n) is 1.59. The Hall–Kier alpha value is -0.160. The van der Waals surface area contributed by atoms with Crippen molar-refractivity contribution in [3.63, 3.8) is 0 Å². The molecule has 1 N–H and O–H groups in total. The lowest BCUT2D eigenvalue weighted by Gasteiger charge is -2.35. The maximum atomic E-state index is 5.17. The van der Waals surface area contributed by atoms with Crippen molar-refractivity contribution in [3.8, 4) is 0 Å². The van der Waals surface area contributed by atoms with Crippen molar-refractivity contribution in [2.45, 2.75) is 19.3 Å². The van der Waals surface area contributed by atoms with E-state index in [1.807, 2.05) is 0 Å². The second-order valence-electron chi connectivity index (χ2n) is 3.45. The number of piperazine rings is 1. The number of nitrogens with one attached hydrogen (secondary N) is 1. The molecule has 0 aliphatic carbocycles. The molecule has 4 heteroatoms. The highest BCUT2D eigenvalue weighted by Crippen LogP contribution is 2.05. The van der Waals surface area contributed by atoms with Crippen molar-refractivity contribution >= 4 is 0 Å². The average Bonchev–Trinajstić information content (AvgIpc) is 2.17. The second kappa shape index (κ2) is 5.54. The summed E-state index contributed by atoms with van der Waals surface area (Å²) in [5.74, 6) is 0. The molecule has 0 aromatic rings. The van der Waals surface area contributed by atoms with Gasteiger partial charge in [0.2, 0.25) is 0 Å². The summed E-state index contributed by atoms with van der Waals surface area (Å²) < 4.78 is 10.3. The number of hydrogen-bond donors (Lipinski definition) is 1. The molecule has 1 fully saturated rings. The summed E-state index contributed by atoms with van der Waals surface area (Å²) >= 11 is 0. The third-order valence-electron chi connectivity index (χ3n) is 2.55. The lowest BCUT2D eigenvalue weighted by atomic mass is 10.2. The van der Waals surface area contributed by atoms with E-state index in [0.717, 1.165) is 26.2 Å². The number of ether oxygens (including phenoxy) is 2. The van der Waals surface area contributed by atoms with Gasteiger partial charge in [-0.15, -0.1) is 0 Å². The van der Waals surface area contributed by atoms with Crippen LogP contribution in [0.3, 0.4) is 0 Å². The molecule has 0 saturated carbocycles. The van der Waals surface area contributed by atoms with E-state index in [2.05, 4.69) is 17.1 Å². The summed E-state index contributed by atoms with van der Waals surface area (Å²) in [6, 6.07) is 0.571. The largest absolute Gasteiger partial charge is 0.355 e. The first-order valence-electron chi connectivity index (χ1n) is 4.78. The maximum absolute atomic E-state index is 5.17. The van der Waals surface area contributed by atoms with Crippen molar-refractivity contribution < 1.29 is 9.47 Å². The highest BCUT2D eigenvalue weighted by atomic mass is 16.7. The van der Waals surface area contributed by atoms with Crippen LogP contribution in [0.2, 0.25) is 0 Å². The van der Waals surface area contributed by atoms with Gasteiger partial charge >= 0.3 is 0 Å². The third-order valence-corrected chi connectivity index (χ3v) is 2.55. The standard InChI is InChI=1S/C9H20N2O2/c1-8-6-10-4-5-11(8)7-9(12-2)13-3/h8-10H,4-7H2,1-3H3. The average molecular weight is 188 g/mol. The van der Waals surface area contributed by atoms with Crippen molar-refractivity contribution in [1.82, 2.24) is 10.2 Å². The van der Waals surface area contributed by atoms with Crippen LogP contribution in [0.1, 0.15) is 6.92 Å². The minimum absolute atomic E-state index is 0.0967. The molecule has 0 spiro atoms. The van der Waals surface area contributed by atoms with E-state index in [4.69, 9.17) is 9.47 Å². The Labute approximate surface area is 80.2 Å². The van der Waals surface area contributed by atoms with E-state index in [0.29, 0.717) is 6.04 Å². The van der Waals surface area contributed by atoms with Gasteiger partial charge < -0.3 is 14.8 Å². The van der Waals surface area contributed by atoms with Gasteiger partial charge in [-0.3, -0.25) is 4.90 Å². The first-order valence-corrected chi connectivity index (χ1v) is 4.78. The predicted octanol–water partition coefficient (Wildman–Crippen LogP) is -0.101. The van der Waals surface area contributed by atoms with Crippen LogP contribution in [-0.2, 0) is 9.47 Å².